The van der Waals surface area contributed by atoms with Crippen LogP contribution in [0.3, 0.4) is 0 Å². The van der Waals surface area contributed by atoms with Gasteiger partial charge in [0.15, 0.2) is 0 Å². The van der Waals surface area contributed by atoms with Gasteiger partial charge in [0.1, 0.15) is 6.04 Å². The molecule has 26 heavy (non-hydrogen) atoms. The first-order valence-electron chi connectivity index (χ1n) is 10.9. The van der Waals surface area contributed by atoms with Crippen molar-refractivity contribution in [2.75, 3.05) is 11.5 Å². The average Bonchev–Trinajstić information content (AvgIpc) is 2.63. The molecule has 0 saturated carbocycles. The molecule has 0 aliphatic carbocycles. The zero-order chi connectivity index (χ0) is 19.3. The summed E-state index contributed by atoms with van der Waals surface area (Å²) < 4.78 is 0. The number of aliphatic carboxylic acids is 1. The number of hydrogen-bond donors (Lipinski definition) is 2. The van der Waals surface area contributed by atoms with Crippen LogP contribution < -0.4 is 5.73 Å². The molecule has 0 heterocycles. The molecule has 0 aromatic carbocycles. The molecule has 0 spiro atoms. The van der Waals surface area contributed by atoms with Gasteiger partial charge in [-0.2, -0.15) is 0 Å². The number of carboxylic acid groups (broad SMARTS) is 1. The van der Waals surface area contributed by atoms with E-state index in [0.29, 0.717) is 5.75 Å². The molecule has 0 radical (unpaired) electrons. The van der Waals surface area contributed by atoms with Gasteiger partial charge in [-0.25, -0.2) is 0 Å². The van der Waals surface area contributed by atoms with Crippen molar-refractivity contribution in [3.63, 3.8) is 0 Å². The maximum absolute atomic E-state index is 10.6. The molecule has 0 saturated heterocycles. The van der Waals surface area contributed by atoms with E-state index in [-0.39, 0.29) is 0 Å². The van der Waals surface area contributed by atoms with Crippen molar-refractivity contribution in [2.45, 2.75) is 116 Å². The maximum Gasteiger partial charge on any atom is 0.321 e. The first kappa shape index (κ1) is 26.1. The number of rotatable bonds is 21. The smallest absolute Gasteiger partial charge is 0.321 e. The Bertz CT molecular complexity index is 304. The molecular formula is C21H43NO2S2. The molecule has 0 rings (SSSR count). The van der Waals surface area contributed by atoms with Gasteiger partial charge in [0, 0.05) is 11.5 Å². The van der Waals surface area contributed by atoms with Crippen molar-refractivity contribution < 1.29 is 9.90 Å². The lowest BCUT2D eigenvalue weighted by Crippen LogP contribution is -2.32. The monoisotopic (exact) mass is 405 g/mol. The second-order valence-electron chi connectivity index (χ2n) is 7.35. The SMILES string of the molecule is CCCCCCCCCCCCCCCCCCSSC[C@H](N)C(=O)O. The lowest BCUT2D eigenvalue weighted by atomic mass is 10.0. The highest BCUT2D eigenvalue weighted by molar-refractivity contribution is 8.76. The van der Waals surface area contributed by atoms with E-state index in [1.54, 1.807) is 21.6 Å². The number of unbranched alkanes of at least 4 members (excludes halogenated alkanes) is 15. The fraction of sp³-hybridized carbons (Fsp3) is 0.952. The predicted molar refractivity (Wildman–Crippen MR) is 120 cm³/mol. The van der Waals surface area contributed by atoms with Crippen LogP contribution in [0.4, 0.5) is 0 Å². The van der Waals surface area contributed by atoms with Crippen molar-refractivity contribution in [3.8, 4) is 0 Å². The summed E-state index contributed by atoms with van der Waals surface area (Å²) >= 11 is 0. The minimum absolute atomic E-state index is 0.499. The van der Waals surface area contributed by atoms with Crippen LogP contribution >= 0.6 is 21.6 Å². The number of carboxylic acids is 1. The molecule has 0 aliphatic rings. The fourth-order valence-electron chi connectivity index (χ4n) is 2.96. The van der Waals surface area contributed by atoms with Gasteiger partial charge in [0.25, 0.3) is 0 Å². The van der Waals surface area contributed by atoms with Crippen molar-refractivity contribution in [2.24, 2.45) is 5.73 Å². The number of hydrogen-bond acceptors (Lipinski definition) is 4. The van der Waals surface area contributed by atoms with Gasteiger partial charge in [-0.15, -0.1) is 0 Å². The Morgan fingerprint density at radius 2 is 1.12 bits per heavy atom. The van der Waals surface area contributed by atoms with Crippen LogP contribution in [0.25, 0.3) is 0 Å². The van der Waals surface area contributed by atoms with Crippen LogP contribution in [0.15, 0.2) is 0 Å². The van der Waals surface area contributed by atoms with Gasteiger partial charge in [0.05, 0.1) is 0 Å². The van der Waals surface area contributed by atoms with Gasteiger partial charge in [-0.05, 0) is 6.42 Å². The van der Waals surface area contributed by atoms with E-state index in [1.807, 2.05) is 0 Å². The minimum atomic E-state index is -0.902. The Balaban J connectivity index is 3.04. The third kappa shape index (κ3) is 20.4. The molecule has 0 aliphatic heterocycles. The van der Waals surface area contributed by atoms with E-state index < -0.39 is 12.0 Å². The van der Waals surface area contributed by atoms with E-state index in [4.69, 9.17) is 10.8 Å². The van der Waals surface area contributed by atoms with Crippen LogP contribution in [0.2, 0.25) is 0 Å². The summed E-state index contributed by atoms with van der Waals surface area (Å²) in [5, 5.41) is 8.69. The zero-order valence-electron chi connectivity index (χ0n) is 17.1. The highest BCUT2D eigenvalue weighted by atomic mass is 33.1. The van der Waals surface area contributed by atoms with E-state index in [9.17, 15) is 4.79 Å². The lowest BCUT2D eigenvalue weighted by molar-refractivity contribution is -0.137. The Morgan fingerprint density at radius 1 is 0.731 bits per heavy atom. The zero-order valence-corrected chi connectivity index (χ0v) is 18.7. The Hall–Kier alpha value is 0.130. The molecule has 0 unspecified atom stereocenters. The predicted octanol–water partition coefficient (Wildman–Crippen LogP) is 7.04. The number of nitrogens with two attached hydrogens (primary N) is 1. The molecule has 156 valence electrons. The highest BCUT2D eigenvalue weighted by Gasteiger charge is 2.10. The maximum atomic E-state index is 10.6. The first-order valence-corrected chi connectivity index (χ1v) is 13.4. The van der Waals surface area contributed by atoms with Gasteiger partial charge in [-0.1, -0.05) is 125 Å². The van der Waals surface area contributed by atoms with Crippen LogP contribution in [0, 0.1) is 0 Å². The summed E-state index contributed by atoms with van der Waals surface area (Å²) in [5.41, 5.74) is 5.46. The van der Waals surface area contributed by atoms with Crippen molar-refractivity contribution in [1.29, 1.82) is 0 Å². The summed E-state index contributed by atoms with van der Waals surface area (Å²) in [4.78, 5) is 10.6. The topological polar surface area (TPSA) is 63.3 Å². The Labute approximate surface area is 170 Å². The Kier molecular flexibility index (Phi) is 21.5. The summed E-state index contributed by atoms with van der Waals surface area (Å²) in [5.74, 6) is 0.703. The summed E-state index contributed by atoms with van der Waals surface area (Å²) in [6.45, 7) is 2.28. The average molecular weight is 406 g/mol. The van der Waals surface area contributed by atoms with Crippen LogP contribution in [0.5, 0.6) is 0 Å². The third-order valence-corrected chi connectivity index (χ3v) is 7.25. The third-order valence-electron chi connectivity index (χ3n) is 4.73. The highest BCUT2D eigenvalue weighted by Crippen LogP contribution is 2.23. The van der Waals surface area contributed by atoms with E-state index >= 15 is 0 Å². The quantitative estimate of drug-likeness (QED) is 0.158. The van der Waals surface area contributed by atoms with Crippen molar-refractivity contribution >= 4 is 27.6 Å². The molecule has 0 fully saturated rings. The normalized spacial score (nSPS) is 12.4. The largest absolute Gasteiger partial charge is 0.480 e. The van der Waals surface area contributed by atoms with Crippen LogP contribution in [-0.4, -0.2) is 28.6 Å². The Morgan fingerprint density at radius 3 is 1.50 bits per heavy atom. The molecule has 1 atom stereocenters. The van der Waals surface area contributed by atoms with Gasteiger partial charge in [-0.3, -0.25) is 4.79 Å². The second kappa shape index (κ2) is 21.4. The van der Waals surface area contributed by atoms with Gasteiger partial charge in [0.2, 0.25) is 0 Å². The van der Waals surface area contributed by atoms with Gasteiger partial charge >= 0.3 is 5.97 Å². The first-order chi connectivity index (χ1) is 12.7. The molecule has 5 heteroatoms. The molecule has 0 amide bonds. The van der Waals surface area contributed by atoms with Crippen molar-refractivity contribution in [1.82, 2.24) is 0 Å². The number of carbonyl (C=O) groups is 1. The van der Waals surface area contributed by atoms with Gasteiger partial charge < -0.3 is 10.8 Å². The van der Waals surface area contributed by atoms with E-state index in [1.165, 1.54) is 103 Å². The van der Waals surface area contributed by atoms with E-state index in [2.05, 4.69) is 6.92 Å². The lowest BCUT2D eigenvalue weighted by Gasteiger charge is -2.05. The molecule has 3 nitrogen and oxygen atoms in total. The molecule has 0 aromatic heterocycles. The van der Waals surface area contributed by atoms with E-state index in [0.717, 1.165) is 5.75 Å². The molecule has 0 bridgehead atoms. The summed E-state index contributed by atoms with van der Waals surface area (Å²) in [7, 11) is 3.35. The molecule has 0 aromatic rings. The minimum Gasteiger partial charge on any atom is -0.480 e. The fourth-order valence-corrected chi connectivity index (χ4v) is 5.22. The standard InChI is InChI=1S/C21H43NO2S2/c1-2-3-4-5-6-7-8-9-10-11-12-13-14-15-16-17-18-25-26-19-20(22)21(23)24/h20H,2-19,22H2,1H3,(H,23,24)/t20-/m0/s1. The molecule has 3 N–H and O–H groups in total. The van der Waals surface area contributed by atoms with Crippen LogP contribution in [0.1, 0.15) is 110 Å². The second-order valence-corrected chi connectivity index (χ2v) is 9.98. The van der Waals surface area contributed by atoms with Crippen LogP contribution in [-0.2, 0) is 4.79 Å². The summed E-state index contributed by atoms with van der Waals surface area (Å²) in [6, 6.07) is -0.724. The molecular weight excluding hydrogens is 362 g/mol. The van der Waals surface area contributed by atoms with Crippen molar-refractivity contribution in [3.05, 3.63) is 0 Å². The summed E-state index contributed by atoms with van der Waals surface area (Å²) in [6.07, 6.45) is 22.3.